The van der Waals surface area contributed by atoms with Gasteiger partial charge in [0.2, 0.25) is 11.1 Å². The topological polar surface area (TPSA) is 85.8 Å². The van der Waals surface area contributed by atoms with Gasteiger partial charge in [-0.15, -0.1) is 10.2 Å². The maximum atomic E-state index is 12.8. The zero-order valence-electron chi connectivity index (χ0n) is 15.3. The van der Waals surface area contributed by atoms with E-state index < -0.39 is 23.3 Å². The smallest absolute Gasteiger partial charge is 0.344 e. The van der Waals surface area contributed by atoms with Gasteiger partial charge in [-0.25, -0.2) is 4.68 Å². The number of nitrogens with two attached hydrogens (primary N) is 1. The number of carbonyl (C=O) groups excluding carboxylic acids is 1. The predicted molar refractivity (Wildman–Crippen MR) is 103 cm³/mol. The number of hydrogen-bond donors (Lipinski definition) is 2. The van der Waals surface area contributed by atoms with Crippen LogP contribution in [0.4, 0.5) is 13.2 Å². The fourth-order valence-corrected chi connectivity index (χ4v) is 3.45. The quantitative estimate of drug-likeness (QED) is 0.471. The molecule has 0 bridgehead atoms. The summed E-state index contributed by atoms with van der Waals surface area (Å²) >= 11 is 0.800. The van der Waals surface area contributed by atoms with Crippen molar-refractivity contribution in [1.82, 2.24) is 20.2 Å². The second-order valence-electron chi connectivity index (χ2n) is 6.20. The first-order valence-corrected chi connectivity index (χ1v) is 9.50. The van der Waals surface area contributed by atoms with Crippen molar-refractivity contribution >= 4 is 17.7 Å². The molecule has 29 heavy (non-hydrogen) atoms. The molecule has 1 heterocycles. The van der Waals surface area contributed by atoms with Crippen LogP contribution in [0.2, 0.25) is 0 Å². The molecule has 1 aromatic heterocycles. The van der Waals surface area contributed by atoms with E-state index in [4.69, 9.17) is 5.84 Å². The Bertz CT molecular complexity index is 923. The summed E-state index contributed by atoms with van der Waals surface area (Å²) in [7, 11) is 0. The van der Waals surface area contributed by atoms with Gasteiger partial charge in [0.25, 0.3) is 5.82 Å². The third-order valence-electron chi connectivity index (χ3n) is 4.12. The number of aromatic nitrogens is 3. The van der Waals surface area contributed by atoms with E-state index in [0.29, 0.717) is 4.68 Å². The lowest BCUT2D eigenvalue weighted by Crippen LogP contribution is -2.35. The van der Waals surface area contributed by atoms with Crippen molar-refractivity contribution in [2.75, 3.05) is 5.84 Å². The number of nitrogens with one attached hydrogen (secondary N) is 1. The van der Waals surface area contributed by atoms with Crippen LogP contribution in [-0.4, -0.2) is 26.0 Å². The minimum Gasteiger partial charge on any atom is -0.344 e. The van der Waals surface area contributed by atoms with Crippen LogP contribution < -0.4 is 11.2 Å². The SMILES string of the molecule is C[C@H](Sc1nnc(C(F)(F)F)n1N)C(=O)NC(c1ccccc1)c1ccccc1. The van der Waals surface area contributed by atoms with E-state index in [1.165, 1.54) is 0 Å². The molecule has 10 heteroatoms. The van der Waals surface area contributed by atoms with Crippen LogP contribution >= 0.6 is 11.8 Å². The molecule has 0 saturated heterocycles. The largest absolute Gasteiger partial charge is 0.453 e. The van der Waals surface area contributed by atoms with Gasteiger partial charge < -0.3 is 11.2 Å². The molecule has 3 aromatic rings. The van der Waals surface area contributed by atoms with Crippen LogP contribution in [0.25, 0.3) is 0 Å². The molecule has 0 radical (unpaired) electrons. The maximum absolute atomic E-state index is 12.8. The average Bonchev–Trinajstić information content (AvgIpc) is 3.08. The van der Waals surface area contributed by atoms with Crippen molar-refractivity contribution < 1.29 is 18.0 Å². The van der Waals surface area contributed by atoms with Crippen molar-refractivity contribution in [3.63, 3.8) is 0 Å². The average molecular weight is 421 g/mol. The highest BCUT2D eigenvalue weighted by Crippen LogP contribution is 2.30. The van der Waals surface area contributed by atoms with Crippen LogP contribution in [-0.2, 0) is 11.0 Å². The molecule has 0 aliphatic rings. The fraction of sp³-hybridized carbons (Fsp3) is 0.211. The summed E-state index contributed by atoms with van der Waals surface area (Å²) in [5, 5.41) is 8.51. The number of alkyl halides is 3. The lowest BCUT2D eigenvalue weighted by atomic mass is 9.98. The van der Waals surface area contributed by atoms with Crippen molar-refractivity contribution in [1.29, 1.82) is 0 Å². The Morgan fingerprint density at radius 1 is 1.03 bits per heavy atom. The first-order chi connectivity index (χ1) is 13.8. The summed E-state index contributed by atoms with van der Waals surface area (Å²) in [5.74, 6) is 3.75. The van der Waals surface area contributed by atoms with Crippen LogP contribution in [0.15, 0.2) is 65.8 Å². The Hall–Kier alpha value is -3.01. The molecule has 0 spiro atoms. The van der Waals surface area contributed by atoms with E-state index in [2.05, 4.69) is 15.5 Å². The first-order valence-electron chi connectivity index (χ1n) is 8.62. The Kier molecular flexibility index (Phi) is 6.12. The number of thioether (sulfide) groups is 1. The normalized spacial score (nSPS) is 12.7. The third kappa shape index (κ3) is 4.89. The highest BCUT2D eigenvalue weighted by molar-refractivity contribution is 8.00. The van der Waals surface area contributed by atoms with Gasteiger partial charge in [0.05, 0.1) is 11.3 Å². The maximum Gasteiger partial charge on any atom is 0.453 e. The lowest BCUT2D eigenvalue weighted by molar-refractivity contribution is -0.146. The number of benzene rings is 2. The minimum atomic E-state index is -4.72. The number of nitrogen functional groups attached to an aromatic ring is 1. The monoisotopic (exact) mass is 421 g/mol. The fourth-order valence-electron chi connectivity index (χ4n) is 2.67. The summed E-state index contributed by atoms with van der Waals surface area (Å²) in [6.07, 6.45) is -4.72. The Morgan fingerprint density at radius 2 is 1.55 bits per heavy atom. The molecule has 1 atom stereocenters. The van der Waals surface area contributed by atoms with Gasteiger partial charge in [-0.3, -0.25) is 4.79 Å². The number of halogens is 3. The van der Waals surface area contributed by atoms with Gasteiger partial charge in [-0.1, -0.05) is 72.4 Å². The Morgan fingerprint density at radius 3 is 2.00 bits per heavy atom. The van der Waals surface area contributed by atoms with E-state index in [0.717, 1.165) is 22.9 Å². The second kappa shape index (κ2) is 8.56. The third-order valence-corrected chi connectivity index (χ3v) is 5.18. The summed E-state index contributed by atoms with van der Waals surface area (Å²) in [6, 6.07) is 18.4. The van der Waals surface area contributed by atoms with Crippen LogP contribution in [0, 0.1) is 0 Å². The number of carbonyl (C=O) groups is 1. The Labute approximate surface area is 169 Å². The van der Waals surface area contributed by atoms with Gasteiger partial charge in [-0.05, 0) is 18.1 Å². The van der Waals surface area contributed by atoms with Gasteiger partial charge in [0, 0.05) is 0 Å². The standard InChI is InChI=1S/C19H18F3N5OS/c1-12(29-18-26-25-17(27(18)23)19(20,21)22)16(28)24-15(13-8-4-2-5-9-13)14-10-6-3-7-11-14/h2-12,15H,23H2,1H3,(H,24,28)/t12-/m0/s1. The molecular weight excluding hydrogens is 403 g/mol. The van der Waals surface area contributed by atoms with E-state index in [1.54, 1.807) is 6.92 Å². The van der Waals surface area contributed by atoms with Gasteiger partial charge in [0.1, 0.15) is 0 Å². The summed E-state index contributed by atoms with van der Waals surface area (Å²) in [4.78, 5) is 12.8. The zero-order chi connectivity index (χ0) is 21.0. The molecule has 0 unspecified atom stereocenters. The molecule has 3 N–H and O–H groups in total. The second-order valence-corrected chi connectivity index (χ2v) is 7.50. The Balaban J connectivity index is 1.77. The highest BCUT2D eigenvalue weighted by atomic mass is 32.2. The van der Waals surface area contributed by atoms with E-state index in [9.17, 15) is 18.0 Å². The number of amides is 1. The molecule has 0 aliphatic carbocycles. The molecule has 1 amide bonds. The lowest BCUT2D eigenvalue weighted by Gasteiger charge is -2.22. The van der Waals surface area contributed by atoms with Crippen molar-refractivity contribution in [3.8, 4) is 0 Å². The number of hydrogen-bond acceptors (Lipinski definition) is 5. The van der Waals surface area contributed by atoms with Crippen molar-refractivity contribution in [2.45, 2.75) is 29.5 Å². The van der Waals surface area contributed by atoms with E-state index in [1.807, 2.05) is 60.7 Å². The van der Waals surface area contributed by atoms with Crippen molar-refractivity contribution in [2.24, 2.45) is 0 Å². The molecule has 0 aliphatic heterocycles. The minimum absolute atomic E-state index is 0.198. The molecule has 2 aromatic carbocycles. The zero-order valence-corrected chi connectivity index (χ0v) is 16.1. The summed E-state index contributed by atoms with van der Waals surface area (Å²) in [6.45, 7) is 1.56. The molecule has 3 rings (SSSR count). The molecular formula is C19H18F3N5OS. The van der Waals surface area contributed by atoms with E-state index in [-0.39, 0.29) is 11.1 Å². The molecule has 152 valence electrons. The van der Waals surface area contributed by atoms with Gasteiger partial charge >= 0.3 is 6.18 Å². The molecule has 0 fully saturated rings. The van der Waals surface area contributed by atoms with E-state index >= 15 is 0 Å². The first kappa shape index (κ1) is 20.7. The molecule has 6 nitrogen and oxygen atoms in total. The summed E-state index contributed by atoms with van der Waals surface area (Å²) < 4.78 is 38.8. The number of nitrogens with zero attached hydrogens (tertiary/aromatic N) is 3. The summed E-state index contributed by atoms with van der Waals surface area (Å²) in [5.41, 5.74) is 1.76. The molecule has 0 saturated carbocycles. The van der Waals surface area contributed by atoms with Crippen LogP contribution in [0.3, 0.4) is 0 Å². The van der Waals surface area contributed by atoms with Crippen LogP contribution in [0.1, 0.15) is 29.9 Å². The van der Waals surface area contributed by atoms with Gasteiger partial charge in [0.15, 0.2) is 0 Å². The highest BCUT2D eigenvalue weighted by Gasteiger charge is 2.38. The predicted octanol–water partition coefficient (Wildman–Crippen LogP) is 3.40. The van der Waals surface area contributed by atoms with Crippen LogP contribution in [0.5, 0.6) is 0 Å². The van der Waals surface area contributed by atoms with Gasteiger partial charge in [-0.2, -0.15) is 13.2 Å². The number of rotatable bonds is 6. The van der Waals surface area contributed by atoms with Crippen molar-refractivity contribution in [3.05, 3.63) is 77.6 Å².